The van der Waals surface area contributed by atoms with Gasteiger partial charge in [0.05, 0.1) is 5.54 Å². The Hall–Kier alpha value is -1.35. The molecule has 2 aliphatic carbocycles. The minimum Gasteiger partial charge on any atom is -0.333 e. The number of aldehydes is 2. The molecule has 0 radical (unpaired) electrons. The van der Waals surface area contributed by atoms with Gasteiger partial charge in [-0.15, -0.1) is 0 Å². The molecule has 0 aliphatic heterocycles. The molecule has 2 saturated carbocycles. The van der Waals surface area contributed by atoms with Crippen LogP contribution in [0.5, 0.6) is 0 Å². The first-order valence-electron chi connectivity index (χ1n) is 10.7. The molecule has 31 heavy (non-hydrogen) atoms. The van der Waals surface area contributed by atoms with Gasteiger partial charge in [-0.2, -0.15) is 0 Å². The number of hydrogen-bond acceptors (Lipinski definition) is 6. The van der Waals surface area contributed by atoms with Crippen molar-refractivity contribution in [3.8, 4) is 0 Å². The third kappa shape index (κ3) is 8.25. The Morgan fingerprint density at radius 1 is 1.16 bits per heavy atom. The molecule has 2 aliphatic rings. The van der Waals surface area contributed by atoms with Crippen molar-refractivity contribution in [2.75, 3.05) is 14.1 Å². The molecule has 4 atom stereocenters. The minimum atomic E-state index is -0.729. The second-order valence-corrected chi connectivity index (χ2v) is 9.86. The van der Waals surface area contributed by atoms with Gasteiger partial charge < -0.3 is 20.6 Å². The Bertz CT molecular complexity index is 696. The fourth-order valence-electron chi connectivity index (χ4n) is 4.64. The van der Waals surface area contributed by atoms with Crippen LogP contribution in [0.2, 0.25) is 0 Å². The normalized spacial score (nSPS) is 27.2. The van der Waals surface area contributed by atoms with E-state index in [1.54, 1.807) is 13.8 Å². The van der Waals surface area contributed by atoms with Crippen molar-refractivity contribution in [3.05, 3.63) is 29.8 Å². The van der Waals surface area contributed by atoms with E-state index >= 15 is 0 Å². The monoisotopic (exact) mass is 457 g/mol. The van der Waals surface area contributed by atoms with Gasteiger partial charge in [-0.25, -0.2) is 13.5 Å². The van der Waals surface area contributed by atoms with E-state index in [1.165, 1.54) is 38.3 Å². The lowest BCUT2D eigenvalue weighted by Gasteiger charge is -2.49. The minimum absolute atomic E-state index is 0.0513. The highest BCUT2D eigenvalue weighted by Gasteiger charge is 2.46. The van der Waals surface area contributed by atoms with Crippen molar-refractivity contribution in [3.63, 3.8) is 0 Å². The molecule has 176 valence electrons. The first-order chi connectivity index (χ1) is 14.6. The molecule has 5 nitrogen and oxygen atoms in total. The van der Waals surface area contributed by atoms with Crippen LogP contribution in [0.4, 0.5) is 8.78 Å². The molecule has 4 N–H and O–H groups in total. The topological polar surface area (TPSA) is 84.2 Å². The Balaban J connectivity index is 0.000000287. The molecule has 0 saturated heterocycles. The summed E-state index contributed by atoms with van der Waals surface area (Å²) in [5.74, 6) is 0.123. The van der Waals surface area contributed by atoms with Crippen molar-refractivity contribution >= 4 is 24.5 Å². The van der Waals surface area contributed by atoms with Gasteiger partial charge in [0.1, 0.15) is 24.2 Å². The molecule has 1 aromatic rings. The number of hydrogen-bond donors (Lipinski definition) is 3. The molecule has 3 rings (SSSR count). The second-order valence-electron chi connectivity index (χ2n) is 8.98. The summed E-state index contributed by atoms with van der Waals surface area (Å²) < 4.78 is 28.4. The number of nitrogens with one attached hydrogen (secondary N) is 2. The Morgan fingerprint density at radius 3 is 2.29 bits per heavy atom. The van der Waals surface area contributed by atoms with Crippen LogP contribution in [-0.2, 0) is 9.59 Å². The number of carbonyl (C=O) groups is 2. The Labute approximate surface area is 189 Å². The molecule has 0 spiro atoms. The zero-order valence-electron chi connectivity index (χ0n) is 19.2. The fraction of sp³-hybridized carbons (Fsp3) is 0.652. The molecule has 1 aromatic carbocycles. The second kappa shape index (κ2) is 12.6. The van der Waals surface area contributed by atoms with Crippen LogP contribution in [-0.4, -0.2) is 38.2 Å². The Kier molecular flexibility index (Phi) is 11.3. The van der Waals surface area contributed by atoms with E-state index in [9.17, 15) is 18.4 Å². The van der Waals surface area contributed by atoms with Crippen molar-refractivity contribution in [2.45, 2.75) is 69.4 Å². The Morgan fingerprint density at radius 2 is 1.77 bits per heavy atom. The standard InChI is InChI=1S/C12H21NO.C10H11F2NOS.CH5N/c1-9-6-12(8-14)5-3-4-10(7-12)11(9)13-2;1-10(2,6-14)13-15-9-4-7(11)3-8(12)5-9;1-2/h8-11,13H,3-7H2,1-2H3;3-6,13H,1-2H3;2H2,1H3. The van der Waals surface area contributed by atoms with E-state index in [1.807, 2.05) is 0 Å². The largest absolute Gasteiger partial charge is 0.333 e. The summed E-state index contributed by atoms with van der Waals surface area (Å²) in [7, 11) is 3.56. The van der Waals surface area contributed by atoms with E-state index in [4.69, 9.17) is 0 Å². The molecule has 2 fully saturated rings. The molecular formula is C23H37F2N3O2S. The molecule has 2 bridgehead atoms. The molecule has 4 unspecified atom stereocenters. The predicted octanol–water partition coefficient (Wildman–Crippen LogP) is 4.10. The number of rotatable bonds is 6. The lowest BCUT2D eigenvalue weighted by Crippen LogP contribution is -2.50. The smallest absolute Gasteiger partial charge is 0.140 e. The van der Waals surface area contributed by atoms with Crippen LogP contribution in [0.1, 0.15) is 52.9 Å². The van der Waals surface area contributed by atoms with Crippen molar-refractivity contribution in [1.29, 1.82) is 0 Å². The van der Waals surface area contributed by atoms with Crippen LogP contribution >= 0.6 is 11.9 Å². The van der Waals surface area contributed by atoms with Crippen LogP contribution in [0.3, 0.4) is 0 Å². The van der Waals surface area contributed by atoms with Crippen LogP contribution in [0.15, 0.2) is 23.1 Å². The van der Waals surface area contributed by atoms with Gasteiger partial charge in [-0.3, -0.25) is 0 Å². The SMILES string of the molecule is CC(C)(C=O)NSc1cc(F)cc(F)c1.CN.CNC1C(C)CC2(C=O)CCCC1C2. The summed E-state index contributed by atoms with van der Waals surface area (Å²) in [4.78, 5) is 22.2. The maximum Gasteiger partial charge on any atom is 0.140 e. The van der Waals surface area contributed by atoms with Gasteiger partial charge in [0.25, 0.3) is 0 Å². The highest BCUT2D eigenvalue weighted by atomic mass is 32.2. The third-order valence-electron chi connectivity index (χ3n) is 5.91. The van der Waals surface area contributed by atoms with Gasteiger partial charge in [-0.05, 0) is 89.5 Å². The van der Waals surface area contributed by atoms with Gasteiger partial charge in [0.15, 0.2) is 0 Å². The fourth-order valence-corrected chi connectivity index (χ4v) is 5.42. The highest BCUT2D eigenvalue weighted by molar-refractivity contribution is 7.97. The average Bonchev–Trinajstić information content (AvgIpc) is 2.74. The number of nitrogens with two attached hydrogens (primary N) is 1. The van der Waals surface area contributed by atoms with Gasteiger partial charge in [0, 0.05) is 22.4 Å². The maximum atomic E-state index is 12.8. The van der Waals surface area contributed by atoms with Gasteiger partial charge >= 0.3 is 0 Å². The molecule has 0 aromatic heterocycles. The zero-order valence-corrected chi connectivity index (χ0v) is 20.0. The van der Waals surface area contributed by atoms with E-state index in [-0.39, 0.29) is 5.41 Å². The maximum absolute atomic E-state index is 12.8. The molecular weight excluding hydrogens is 420 g/mol. The molecule has 8 heteroatoms. The number of halogens is 2. The van der Waals surface area contributed by atoms with E-state index < -0.39 is 17.2 Å². The van der Waals surface area contributed by atoms with Gasteiger partial charge in [0.2, 0.25) is 0 Å². The average molecular weight is 458 g/mol. The zero-order chi connectivity index (χ0) is 23.7. The third-order valence-corrected chi connectivity index (χ3v) is 7.01. The number of benzene rings is 1. The van der Waals surface area contributed by atoms with E-state index in [2.05, 4.69) is 29.7 Å². The summed E-state index contributed by atoms with van der Waals surface area (Å²) in [6.45, 7) is 5.63. The summed E-state index contributed by atoms with van der Waals surface area (Å²) in [6.07, 6.45) is 7.90. The lowest BCUT2D eigenvalue weighted by molar-refractivity contribution is -0.123. The van der Waals surface area contributed by atoms with E-state index in [0.717, 1.165) is 49.5 Å². The summed E-state index contributed by atoms with van der Waals surface area (Å²) in [5, 5.41) is 3.43. The number of carbonyl (C=O) groups excluding carboxylic acids is 2. The first kappa shape index (κ1) is 27.7. The van der Waals surface area contributed by atoms with Crippen molar-refractivity contribution in [1.82, 2.24) is 10.0 Å². The van der Waals surface area contributed by atoms with Crippen LogP contribution in [0, 0.1) is 28.9 Å². The van der Waals surface area contributed by atoms with Crippen molar-refractivity contribution < 1.29 is 18.4 Å². The molecule has 0 heterocycles. The first-order valence-corrected chi connectivity index (χ1v) is 11.5. The van der Waals surface area contributed by atoms with Crippen molar-refractivity contribution in [2.24, 2.45) is 23.0 Å². The highest BCUT2D eigenvalue weighted by Crippen LogP contribution is 2.49. The van der Waals surface area contributed by atoms with Crippen LogP contribution < -0.4 is 15.8 Å². The number of fused-ring (bicyclic) bond motifs is 2. The summed E-state index contributed by atoms with van der Waals surface area (Å²) in [6, 6.07) is 3.83. The van der Waals surface area contributed by atoms with Gasteiger partial charge in [-0.1, -0.05) is 13.3 Å². The van der Waals surface area contributed by atoms with E-state index in [0.29, 0.717) is 16.9 Å². The van der Waals surface area contributed by atoms with Crippen LogP contribution in [0.25, 0.3) is 0 Å². The predicted molar refractivity (Wildman–Crippen MR) is 123 cm³/mol. The lowest BCUT2D eigenvalue weighted by atomic mass is 9.58. The molecule has 0 amide bonds. The quantitative estimate of drug-likeness (QED) is 0.441. The summed E-state index contributed by atoms with van der Waals surface area (Å²) in [5.41, 5.74) is 3.82. The summed E-state index contributed by atoms with van der Waals surface area (Å²) >= 11 is 1.02.